The van der Waals surface area contributed by atoms with Crippen LogP contribution < -0.4 is 10.1 Å². The summed E-state index contributed by atoms with van der Waals surface area (Å²) in [5, 5.41) is 11.7. The zero-order valence-electron chi connectivity index (χ0n) is 10.3. The van der Waals surface area contributed by atoms with Crippen LogP contribution in [0.25, 0.3) is 0 Å². The molecule has 0 unspecified atom stereocenters. The monoisotopic (exact) mass is 249 g/mol. The molecule has 0 atom stereocenters. The lowest BCUT2D eigenvalue weighted by atomic mass is 10.1. The molecule has 1 aromatic rings. The second-order valence-electron chi connectivity index (χ2n) is 4.52. The number of ether oxygens (including phenoxy) is 1. The summed E-state index contributed by atoms with van der Waals surface area (Å²) in [4.78, 5) is 22.9. The highest BCUT2D eigenvalue weighted by molar-refractivity contribution is 6.11. The van der Waals surface area contributed by atoms with Crippen molar-refractivity contribution in [3.05, 3.63) is 23.8 Å². The number of amides is 1. The van der Waals surface area contributed by atoms with Crippen LogP contribution in [-0.2, 0) is 9.59 Å². The first-order valence-electron chi connectivity index (χ1n) is 5.69. The standard InChI is InChI=1S/C13H15NO4/c1-8-7-9(18-2)3-4-10(8)14-11(15)13(5-6-13)12(16)17/h3-4,7H,5-6H2,1-2H3,(H,14,15)(H,16,17). The lowest BCUT2D eigenvalue weighted by Crippen LogP contribution is -2.31. The molecule has 18 heavy (non-hydrogen) atoms. The Morgan fingerprint density at radius 2 is 2.06 bits per heavy atom. The first-order valence-corrected chi connectivity index (χ1v) is 5.69. The van der Waals surface area contributed by atoms with E-state index in [0.717, 1.165) is 5.56 Å². The fraction of sp³-hybridized carbons (Fsp3) is 0.385. The quantitative estimate of drug-likeness (QED) is 0.798. The number of carbonyl (C=O) groups excluding carboxylic acids is 1. The maximum atomic E-state index is 11.9. The van der Waals surface area contributed by atoms with Gasteiger partial charge in [-0.25, -0.2) is 0 Å². The number of hydrogen-bond acceptors (Lipinski definition) is 3. The smallest absolute Gasteiger partial charge is 0.319 e. The van der Waals surface area contributed by atoms with Gasteiger partial charge in [0.1, 0.15) is 11.2 Å². The Morgan fingerprint density at radius 1 is 1.39 bits per heavy atom. The number of aliphatic carboxylic acids is 1. The zero-order chi connectivity index (χ0) is 13.3. The van der Waals surface area contributed by atoms with Gasteiger partial charge in [0.2, 0.25) is 5.91 Å². The van der Waals surface area contributed by atoms with Gasteiger partial charge < -0.3 is 15.2 Å². The van der Waals surface area contributed by atoms with Gasteiger partial charge in [0.25, 0.3) is 0 Å². The zero-order valence-corrected chi connectivity index (χ0v) is 10.3. The fourth-order valence-corrected chi connectivity index (χ4v) is 1.81. The van der Waals surface area contributed by atoms with Crippen molar-refractivity contribution in [3.63, 3.8) is 0 Å². The molecular weight excluding hydrogens is 234 g/mol. The summed E-state index contributed by atoms with van der Waals surface area (Å²) < 4.78 is 5.07. The van der Waals surface area contributed by atoms with Crippen LogP contribution in [0.3, 0.4) is 0 Å². The van der Waals surface area contributed by atoms with E-state index in [-0.39, 0.29) is 0 Å². The van der Waals surface area contributed by atoms with Gasteiger partial charge in [0.15, 0.2) is 0 Å². The molecule has 1 amide bonds. The van der Waals surface area contributed by atoms with Gasteiger partial charge in [-0.05, 0) is 43.5 Å². The van der Waals surface area contributed by atoms with E-state index in [1.54, 1.807) is 25.3 Å². The van der Waals surface area contributed by atoms with Gasteiger partial charge in [-0.1, -0.05) is 0 Å². The van der Waals surface area contributed by atoms with Crippen LogP contribution in [0.15, 0.2) is 18.2 Å². The Morgan fingerprint density at radius 3 is 2.50 bits per heavy atom. The summed E-state index contributed by atoms with van der Waals surface area (Å²) in [6, 6.07) is 5.23. The van der Waals surface area contributed by atoms with Crippen LogP contribution in [0.4, 0.5) is 5.69 Å². The molecule has 1 fully saturated rings. The summed E-state index contributed by atoms with van der Waals surface area (Å²) in [6.45, 7) is 1.83. The Hall–Kier alpha value is -2.04. The van der Waals surface area contributed by atoms with Crippen molar-refractivity contribution in [2.45, 2.75) is 19.8 Å². The molecule has 0 saturated heterocycles. The lowest BCUT2D eigenvalue weighted by molar-refractivity contribution is -0.147. The number of carbonyl (C=O) groups is 2. The van der Waals surface area contributed by atoms with Crippen LogP contribution in [0.2, 0.25) is 0 Å². The van der Waals surface area contributed by atoms with E-state index in [0.29, 0.717) is 24.3 Å². The number of rotatable bonds is 4. The Balaban J connectivity index is 2.15. The molecule has 1 aromatic carbocycles. The predicted molar refractivity (Wildman–Crippen MR) is 65.7 cm³/mol. The average molecular weight is 249 g/mol. The van der Waals surface area contributed by atoms with Crippen molar-refractivity contribution < 1.29 is 19.4 Å². The second kappa shape index (κ2) is 4.33. The maximum absolute atomic E-state index is 11.9. The second-order valence-corrected chi connectivity index (χ2v) is 4.52. The van der Waals surface area contributed by atoms with Crippen LogP contribution >= 0.6 is 0 Å². The molecule has 96 valence electrons. The highest BCUT2D eigenvalue weighted by Crippen LogP contribution is 2.46. The minimum absolute atomic E-state index is 0.406. The molecule has 2 rings (SSSR count). The highest BCUT2D eigenvalue weighted by Gasteiger charge is 2.57. The number of anilines is 1. The van der Waals surface area contributed by atoms with E-state index in [4.69, 9.17) is 9.84 Å². The molecule has 0 aromatic heterocycles. The van der Waals surface area contributed by atoms with Crippen LogP contribution in [0.5, 0.6) is 5.75 Å². The number of nitrogens with one attached hydrogen (secondary N) is 1. The SMILES string of the molecule is COc1ccc(NC(=O)C2(C(=O)O)CC2)c(C)c1. The third-order valence-corrected chi connectivity index (χ3v) is 3.28. The molecule has 0 radical (unpaired) electrons. The number of carboxylic acid groups (broad SMARTS) is 1. The Kier molecular flexibility index (Phi) is 2.98. The molecule has 0 bridgehead atoms. The summed E-state index contributed by atoms with van der Waals surface area (Å²) in [5.74, 6) is -0.792. The van der Waals surface area contributed by atoms with E-state index in [1.807, 2.05) is 6.92 Å². The number of methoxy groups -OCH3 is 1. The van der Waals surface area contributed by atoms with Crippen molar-refractivity contribution in [3.8, 4) is 5.75 Å². The predicted octanol–water partition coefficient (Wildman–Crippen LogP) is 1.81. The normalized spacial score (nSPS) is 15.9. The molecule has 0 aliphatic heterocycles. The number of carboxylic acids is 1. The summed E-state index contributed by atoms with van der Waals surface area (Å²) >= 11 is 0. The van der Waals surface area contributed by atoms with Gasteiger partial charge in [0.05, 0.1) is 7.11 Å². The van der Waals surface area contributed by atoms with Gasteiger partial charge in [-0.15, -0.1) is 0 Å². The van der Waals surface area contributed by atoms with Gasteiger partial charge >= 0.3 is 5.97 Å². The molecule has 1 saturated carbocycles. The molecule has 0 heterocycles. The van der Waals surface area contributed by atoms with Crippen molar-refractivity contribution in [2.75, 3.05) is 12.4 Å². The largest absolute Gasteiger partial charge is 0.497 e. The minimum Gasteiger partial charge on any atom is -0.497 e. The molecule has 5 heteroatoms. The fourth-order valence-electron chi connectivity index (χ4n) is 1.81. The number of benzene rings is 1. The van der Waals surface area contributed by atoms with E-state index in [1.165, 1.54) is 0 Å². The van der Waals surface area contributed by atoms with Crippen molar-refractivity contribution in [1.29, 1.82) is 0 Å². The molecule has 5 nitrogen and oxygen atoms in total. The summed E-state index contributed by atoms with van der Waals surface area (Å²) in [6.07, 6.45) is 0.812. The van der Waals surface area contributed by atoms with Crippen LogP contribution in [0, 0.1) is 12.3 Å². The first-order chi connectivity index (χ1) is 8.49. The van der Waals surface area contributed by atoms with E-state index >= 15 is 0 Å². The van der Waals surface area contributed by atoms with Crippen LogP contribution in [-0.4, -0.2) is 24.1 Å². The molecule has 1 aliphatic rings. The molecule has 1 aliphatic carbocycles. The van der Waals surface area contributed by atoms with Crippen molar-refractivity contribution >= 4 is 17.6 Å². The lowest BCUT2D eigenvalue weighted by Gasteiger charge is -2.13. The van der Waals surface area contributed by atoms with E-state index < -0.39 is 17.3 Å². The van der Waals surface area contributed by atoms with Gasteiger partial charge in [-0.3, -0.25) is 9.59 Å². The van der Waals surface area contributed by atoms with Gasteiger partial charge in [-0.2, -0.15) is 0 Å². The molecular formula is C13H15NO4. The third-order valence-electron chi connectivity index (χ3n) is 3.28. The van der Waals surface area contributed by atoms with Crippen molar-refractivity contribution in [1.82, 2.24) is 0 Å². The van der Waals surface area contributed by atoms with Gasteiger partial charge in [0, 0.05) is 5.69 Å². The Labute approximate surface area is 105 Å². The summed E-state index contributed by atoms with van der Waals surface area (Å²) in [5.41, 5.74) is 0.240. The third kappa shape index (κ3) is 2.03. The number of aryl methyl sites for hydroxylation is 1. The minimum atomic E-state index is -1.22. The highest BCUT2D eigenvalue weighted by atomic mass is 16.5. The molecule has 2 N–H and O–H groups in total. The van der Waals surface area contributed by atoms with E-state index in [9.17, 15) is 9.59 Å². The maximum Gasteiger partial charge on any atom is 0.319 e. The summed E-state index contributed by atoms with van der Waals surface area (Å²) in [7, 11) is 1.57. The topological polar surface area (TPSA) is 75.6 Å². The Bertz CT molecular complexity index is 506. The first kappa shape index (κ1) is 12.4. The molecule has 0 spiro atoms. The van der Waals surface area contributed by atoms with Crippen LogP contribution in [0.1, 0.15) is 18.4 Å². The van der Waals surface area contributed by atoms with Crippen molar-refractivity contribution in [2.24, 2.45) is 5.41 Å². The van der Waals surface area contributed by atoms with E-state index in [2.05, 4.69) is 5.32 Å². The average Bonchev–Trinajstić information content (AvgIpc) is 3.12. The number of hydrogen-bond donors (Lipinski definition) is 2.